The van der Waals surface area contributed by atoms with E-state index in [1.165, 1.54) is 12.8 Å². The summed E-state index contributed by atoms with van der Waals surface area (Å²) >= 11 is 0. The van der Waals surface area contributed by atoms with Gasteiger partial charge >= 0.3 is 0 Å². The first-order valence-electron chi connectivity index (χ1n) is 3.77. The minimum absolute atomic E-state index is 0. The van der Waals surface area contributed by atoms with Crippen LogP contribution in [0.3, 0.4) is 0 Å². The Bertz CT molecular complexity index is 104. The molecule has 2 nitrogen and oxygen atoms in total. The Morgan fingerprint density at radius 3 is 1.36 bits per heavy atom. The molecular weight excluding hydrogens is 135 g/mol. The van der Waals surface area contributed by atoms with Crippen LogP contribution in [-0.2, 0) is 0 Å². The van der Waals surface area contributed by atoms with Crippen LogP contribution < -0.4 is 10.6 Å². The average Bonchev–Trinajstić information content (AvgIpc) is 2.67. The van der Waals surface area contributed by atoms with E-state index in [-0.39, 0.29) is 8.41 Å². The van der Waals surface area contributed by atoms with Gasteiger partial charge < -0.3 is 10.6 Å². The fourth-order valence-electron chi connectivity index (χ4n) is 0.833. The molecule has 0 aromatic carbocycles. The molecule has 3 heteroatoms. The summed E-state index contributed by atoms with van der Waals surface area (Å²) in [7, 11) is 0. The third-order valence-electron chi connectivity index (χ3n) is 1.38. The van der Waals surface area contributed by atoms with Gasteiger partial charge in [0.25, 0.3) is 0 Å². The Morgan fingerprint density at radius 2 is 1.27 bits per heavy atom. The maximum absolute atomic E-state index is 3.04. The lowest BCUT2D eigenvalue weighted by Crippen LogP contribution is -1.96. The van der Waals surface area contributed by atoms with Crippen LogP contribution in [-0.4, -0.2) is 21.5 Å². The van der Waals surface area contributed by atoms with Crippen LogP contribution in [0, 0.1) is 0 Å². The van der Waals surface area contributed by atoms with E-state index in [4.69, 9.17) is 0 Å². The minimum atomic E-state index is 0. The van der Waals surface area contributed by atoms with Crippen molar-refractivity contribution in [3.8, 4) is 0 Å². The maximum Gasteiger partial charge on any atom is 0.0814 e. The predicted molar refractivity (Wildman–Crippen MR) is 53.5 cm³/mol. The van der Waals surface area contributed by atoms with Gasteiger partial charge in [0.1, 0.15) is 0 Å². The second-order valence-corrected chi connectivity index (χ2v) is 2.29. The first-order chi connectivity index (χ1) is 5.00. The third-order valence-corrected chi connectivity index (χ3v) is 1.38. The van der Waals surface area contributed by atoms with Gasteiger partial charge in [-0.15, -0.1) is 0 Å². The standard InChI is InChI=1S/2C4H7N.BH3/c2*1-2-4-5-3-1;/h2*1,3,5H,2,4H2;1H3. The topological polar surface area (TPSA) is 24.1 Å². The molecule has 11 heavy (non-hydrogen) atoms. The highest BCUT2D eigenvalue weighted by Crippen LogP contribution is 1.84. The van der Waals surface area contributed by atoms with E-state index in [1.807, 2.05) is 12.4 Å². The third kappa shape index (κ3) is 5.58. The summed E-state index contributed by atoms with van der Waals surface area (Å²) < 4.78 is 0. The zero-order valence-electron chi connectivity index (χ0n) is 6.14. The van der Waals surface area contributed by atoms with Crippen molar-refractivity contribution in [3.63, 3.8) is 0 Å². The summed E-state index contributed by atoms with van der Waals surface area (Å²) in [5.41, 5.74) is 0. The largest absolute Gasteiger partial charge is 0.391 e. The molecule has 0 atom stereocenters. The first kappa shape index (κ1) is 10.1. The second-order valence-electron chi connectivity index (χ2n) is 2.29. The van der Waals surface area contributed by atoms with E-state index in [0.717, 1.165) is 13.1 Å². The number of hydrogen-bond acceptors (Lipinski definition) is 2. The summed E-state index contributed by atoms with van der Waals surface area (Å²) in [6, 6.07) is 0. The summed E-state index contributed by atoms with van der Waals surface area (Å²) in [4.78, 5) is 0. The molecule has 2 aliphatic heterocycles. The lowest BCUT2D eigenvalue weighted by Gasteiger charge is -1.78. The molecule has 0 aromatic rings. The van der Waals surface area contributed by atoms with Gasteiger partial charge in [-0.05, 0) is 25.2 Å². The van der Waals surface area contributed by atoms with Crippen molar-refractivity contribution in [2.24, 2.45) is 0 Å². The van der Waals surface area contributed by atoms with Crippen molar-refractivity contribution in [1.82, 2.24) is 10.6 Å². The fourth-order valence-corrected chi connectivity index (χ4v) is 0.833. The molecular formula is C8H17BN2. The van der Waals surface area contributed by atoms with E-state index in [9.17, 15) is 0 Å². The molecule has 2 heterocycles. The zero-order chi connectivity index (χ0) is 7.07. The zero-order valence-corrected chi connectivity index (χ0v) is 6.14. The van der Waals surface area contributed by atoms with Gasteiger partial charge in [-0.2, -0.15) is 0 Å². The average molecular weight is 152 g/mol. The van der Waals surface area contributed by atoms with Gasteiger partial charge in [0.05, 0.1) is 8.41 Å². The van der Waals surface area contributed by atoms with Crippen LogP contribution >= 0.6 is 0 Å². The number of rotatable bonds is 0. The maximum atomic E-state index is 3.04. The van der Waals surface area contributed by atoms with E-state index >= 15 is 0 Å². The predicted octanol–water partition coefficient (Wildman–Crippen LogP) is -0.197. The molecule has 62 valence electrons. The smallest absolute Gasteiger partial charge is 0.0814 e. The Labute approximate surface area is 70.3 Å². The summed E-state index contributed by atoms with van der Waals surface area (Å²) in [6.45, 7) is 2.28. The lowest BCUT2D eigenvalue weighted by molar-refractivity contribution is 0.917. The van der Waals surface area contributed by atoms with Crippen LogP contribution in [0.5, 0.6) is 0 Å². The molecule has 0 spiro atoms. The molecule has 0 aromatic heterocycles. The van der Waals surface area contributed by atoms with Gasteiger partial charge in [0.15, 0.2) is 0 Å². The summed E-state index contributed by atoms with van der Waals surface area (Å²) in [5, 5.41) is 6.08. The van der Waals surface area contributed by atoms with Gasteiger partial charge in [0.2, 0.25) is 0 Å². The highest BCUT2D eigenvalue weighted by molar-refractivity contribution is 5.75. The molecule has 0 radical (unpaired) electrons. The molecule has 0 aliphatic carbocycles. The number of nitrogens with one attached hydrogen (secondary N) is 2. The van der Waals surface area contributed by atoms with Gasteiger partial charge in [-0.3, -0.25) is 0 Å². The van der Waals surface area contributed by atoms with Gasteiger partial charge in [-0.1, -0.05) is 12.2 Å². The van der Waals surface area contributed by atoms with Crippen molar-refractivity contribution in [3.05, 3.63) is 24.6 Å². The Morgan fingerprint density at radius 1 is 0.818 bits per heavy atom. The van der Waals surface area contributed by atoms with Crippen LogP contribution in [0.1, 0.15) is 12.8 Å². The Balaban J connectivity index is 0.000000167. The summed E-state index contributed by atoms with van der Waals surface area (Å²) in [6.07, 6.45) is 10.6. The van der Waals surface area contributed by atoms with Crippen molar-refractivity contribution < 1.29 is 0 Å². The fraction of sp³-hybridized carbons (Fsp3) is 0.500. The van der Waals surface area contributed by atoms with Crippen molar-refractivity contribution in [1.29, 1.82) is 0 Å². The molecule has 0 unspecified atom stereocenters. The van der Waals surface area contributed by atoms with Crippen LogP contribution in [0.4, 0.5) is 0 Å². The van der Waals surface area contributed by atoms with Gasteiger partial charge in [0, 0.05) is 13.1 Å². The van der Waals surface area contributed by atoms with Crippen molar-refractivity contribution in [2.45, 2.75) is 12.8 Å². The van der Waals surface area contributed by atoms with E-state index in [0.29, 0.717) is 0 Å². The number of hydrogen-bond donors (Lipinski definition) is 2. The molecule has 0 fully saturated rings. The molecule has 2 aliphatic rings. The van der Waals surface area contributed by atoms with E-state index in [1.54, 1.807) is 0 Å². The van der Waals surface area contributed by atoms with Crippen LogP contribution in [0.25, 0.3) is 0 Å². The van der Waals surface area contributed by atoms with Crippen LogP contribution in [0.2, 0.25) is 0 Å². The molecule has 0 amide bonds. The highest BCUT2D eigenvalue weighted by Gasteiger charge is 1.82. The quantitative estimate of drug-likeness (QED) is 0.470. The highest BCUT2D eigenvalue weighted by atomic mass is 14.8. The monoisotopic (exact) mass is 152 g/mol. The molecule has 0 saturated carbocycles. The molecule has 2 N–H and O–H groups in total. The van der Waals surface area contributed by atoms with Crippen LogP contribution in [0.15, 0.2) is 24.6 Å². The SMILES string of the molecule is B.C1=CNCC1.C1=CNCC1. The second kappa shape index (κ2) is 7.25. The van der Waals surface area contributed by atoms with Crippen molar-refractivity contribution in [2.75, 3.05) is 13.1 Å². The molecule has 0 saturated heterocycles. The summed E-state index contributed by atoms with van der Waals surface area (Å²) in [5.74, 6) is 0. The molecule has 2 rings (SSSR count). The van der Waals surface area contributed by atoms with Gasteiger partial charge in [-0.25, -0.2) is 0 Å². The lowest BCUT2D eigenvalue weighted by atomic mass is 10.5. The minimum Gasteiger partial charge on any atom is -0.391 e. The molecule has 0 bridgehead atoms. The first-order valence-corrected chi connectivity index (χ1v) is 3.77. The van der Waals surface area contributed by atoms with E-state index in [2.05, 4.69) is 22.8 Å². The normalized spacial score (nSPS) is 17.5. The van der Waals surface area contributed by atoms with Crippen molar-refractivity contribution >= 4 is 8.41 Å². The Hall–Kier alpha value is -0.855. The Kier molecular flexibility index (Phi) is 6.69. The van der Waals surface area contributed by atoms with E-state index < -0.39 is 0 Å².